The zero-order valence-electron chi connectivity index (χ0n) is 13.4. The molecule has 25 heavy (non-hydrogen) atoms. The highest BCUT2D eigenvalue weighted by molar-refractivity contribution is 5.97. The Labute approximate surface area is 143 Å². The molecule has 1 aromatic carbocycles. The molecule has 9 heteroatoms. The van der Waals surface area contributed by atoms with Crippen molar-refractivity contribution in [2.24, 2.45) is 0 Å². The van der Waals surface area contributed by atoms with E-state index in [1.807, 2.05) is 11.0 Å². The minimum Gasteiger partial charge on any atom is -0.491 e. The molecule has 0 saturated carbocycles. The number of carbonyl (C=O) groups is 2. The van der Waals surface area contributed by atoms with Crippen molar-refractivity contribution in [3.05, 3.63) is 41.5 Å². The highest BCUT2D eigenvalue weighted by atomic mass is 16.5. The van der Waals surface area contributed by atoms with Crippen LogP contribution in [-0.2, 0) is 24.4 Å². The van der Waals surface area contributed by atoms with Gasteiger partial charge in [0.2, 0.25) is 0 Å². The monoisotopic (exact) mass is 343 g/mol. The fraction of sp³-hybridized carbons (Fsp3) is 0.375. The van der Waals surface area contributed by atoms with E-state index in [-0.39, 0.29) is 5.91 Å². The lowest BCUT2D eigenvalue weighted by Crippen LogP contribution is -2.47. The zero-order valence-corrected chi connectivity index (χ0v) is 13.4. The number of hydrogen-bond acceptors (Lipinski definition) is 6. The van der Waals surface area contributed by atoms with E-state index in [0.29, 0.717) is 44.1 Å². The average Bonchev–Trinajstić information content (AvgIpc) is 2.97. The van der Waals surface area contributed by atoms with Gasteiger partial charge in [0.05, 0.1) is 25.2 Å². The molecule has 2 N–H and O–H groups in total. The Balaban J connectivity index is 1.61. The molecule has 4 rings (SSSR count). The van der Waals surface area contributed by atoms with Crippen LogP contribution < -0.4 is 10.1 Å². The first-order valence-electron chi connectivity index (χ1n) is 7.99. The summed E-state index contributed by atoms with van der Waals surface area (Å²) in [4.78, 5) is 25.6. The van der Waals surface area contributed by atoms with Crippen molar-refractivity contribution in [3.63, 3.8) is 0 Å². The van der Waals surface area contributed by atoms with E-state index in [1.54, 1.807) is 23.0 Å². The molecule has 1 atom stereocenters. The van der Waals surface area contributed by atoms with Gasteiger partial charge in [0.15, 0.2) is 0 Å². The van der Waals surface area contributed by atoms with E-state index in [0.717, 1.165) is 11.4 Å². The van der Waals surface area contributed by atoms with Gasteiger partial charge in [-0.25, -0.2) is 0 Å². The maximum absolute atomic E-state index is 12.1. The first kappa shape index (κ1) is 15.6. The summed E-state index contributed by atoms with van der Waals surface area (Å²) in [6.45, 7) is 1.97. The molecule has 0 bridgehead atoms. The summed E-state index contributed by atoms with van der Waals surface area (Å²) < 4.78 is 7.30. The molecule has 0 spiro atoms. The summed E-state index contributed by atoms with van der Waals surface area (Å²) in [6, 6.07) is 4.70. The lowest BCUT2D eigenvalue weighted by molar-refractivity contribution is -0.145. The Bertz CT molecular complexity index is 834. The number of benzene rings is 1. The Morgan fingerprint density at radius 2 is 2.32 bits per heavy atom. The average molecular weight is 343 g/mol. The third-order valence-corrected chi connectivity index (χ3v) is 4.46. The van der Waals surface area contributed by atoms with Crippen LogP contribution in [0.2, 0.25) is 0 Å². The zero-order chi connectivity index (χ0) is 17.4. The van der Waals surface area contributed by atoms with E-state index in [9.17, 15) is 14.7 Å². The van der Waals surface area contributed by atoms with Gasteiger partial charge >= 0.3 is 5.97 Å². The van der Waals surface area contributed by atoms with Gasteiger partial charge < -0.3 is 19.7 Å². The number of amides is 1. The molecule has 2 aliphatic heterocycles. The number of nitrogens with zero attached hydrogens (tertiary/aromatic N) is 4. The Kier molecular flexibility index (Phi) is 3.85. The van der Waals surface area contributed by atoms with Crippen LogP contribution in [0, 0.1) is 0 Å². The molecule has 0 saturated heterocycles. The van der Waals surface area contributed by atoms with Gasteiger partial charge in [-0.1, -0.05) is 6.07 Å². The van der Waals surface area contributed by atoms with Crippen molar-refractivity contribution in [3.8, 4) is 5.75 Å². The first-order valence-corrected chi connectivity index (χ1v) is 7.99. The highest BCUT2D eigenvalue weighted by Crippen LogP contribution is 2.24. The third kappa shape index (κ3) is 2.93. The van der Waals surface area contributed by atoms with Crippen molar-refractivity contribution in [1.29, 1.82) is 0 Å². The van der Waals surface area contributed by atoms with Gasteiger partial charge in [0, 0.05) is 6.54 Å². The molecule has 1 unspecified atom stereocenters. The summed E-state index contributed by atoms with van der Waals surface area (Å²) in [5.74, 6) is 0.206. The summed E-state index contributed by atoms with van der Waals surface area (Å²) in [6.07, 6.45) is 1.55. The molecular formula is C16H17N5O4. The van der Waals surface area contributed by atoms with E-state index in [4.69, 9.17) is 4.74 Å². The first-order chi connectivity index (χ1) is 12.1. The number of nitrogens with one attached hydrogen (secondary N) is 1. The summed E-state index contributed by atoms with van der Waals surface area (Å²) in [7, 11) is 0. The lowest BCUT2D eigenvalue weighted by atomic mass is 10.1. The summed E-state index contributed by atoms with van der Waals surface area (Å²) in [5, 5.41) is 20.2. The fourth-order valence-corrected chi connectivity index (χ4v) is 3.18. The van der Waals surface area contributed by atoms with Crippen molar-refractivity contribution in [2.75, 3.05) is 13.2 Å². The van der Waals surface area contributed by atoms with Crippen molar-refractivity contribution >= 4 is 11.9 Å². The molecule has 2 aliphatic rings. The highest BCUT2D eigenvalue weighted by Gasteiger charge is 2.32. The minimum atomic E-state index is -0.893. The largest absolute Gasteiger partial charge is 0.491 e. The molecule has 1 aromatic heterocycles. The topological polar surface area (TPSA) is 110 Å². The quantitative estimate of drug-likeness (QED) is 0.799. The van der Waals surface area contributed by atoms with Crippen LogP contribution >= 0.6 is 0 Å². The molecule has 0 aliphatic carbocycles. The normalized spacial score (nSPS) is 20.0. The number of carboxylic acids is 1. The number of rotatable bonds is 3. The number of carbonyl (C=O) groups excluding carboxylic acids is 1. The van der Waals surface area contributed by atoms with Gasteiger partial charge in [-0.15, -0.1) is 10.2 Å². The molecular weight excluding hydrogens is 326 g/mol. The number of fused-ring (bicyclic) bond motifs is 2. The van der Waals surface area contributed by atoms with Crippen LogP contribution in [0.25, 0.3) is 0 Å². The second-order valence-electron chi connectivity index (χ2n) is 6.09. The SMILES string of the molecule is O=C1NCCOc2ccc(CN3Cc4nncn4CC3C(=O)O)cc21. The number of carboxylic acid groups (broad SMARTS) is 1. The molecule has 2 aromatic rings. The number of aromatic nitrogens is 3. The molecule has 0 fully saturated rings. The maximum atomic E-state index is 12.1. The smallest absolute Gasteiger partial charge is 0.322 e. The Hall–Kier alpha value is -2.94. The number of hydrogen-bond donors (Lipinski definition) is 2. The van der Waals surface area contributed by atoms with Crippen LogP contribution in [0.1, 0.15) is 21.7 Å². The van der Waals surface area contributed by atoms with E-state index in [1.165, 1.54) is 0 Å². The van der Waals surface area contributed by atoms with Crippen LogP contribution in [-0.4, -0.2) is 55.8 Å². The van der Waals surface area contributed by atoms with E-state index in [2.05, 4.69) is 15.5 Å². The van der Waals surface area contributed by atoms with Gasteiger partial charge in [0.25, 0.3) is 5.91 Å². The predicted molar refractivity (Wildman–Crippen MR) is 85.0 cm³/mol. The lowest BCUT2D eigenvalue weighted by Gasteiger charge is -2.33. The van der Waals surface area contributed by atoms with Gasteiger partial charge in [-0.2, -0.15) is 0 Å². The molecule has 1 amide bonds. The van der Waals surface area contributed by atoms with Crippen molar-refractivity contribution in [2.45, 2.75) is 25.7 Å². The minimum absolute atomic E-state index is 0.178. The fourth-order valence-electron chi connectivity index (χ4n) is 3.18. The summed E-state index contributed by atoms with van der Waals surface area (Å²) >= 11 is 0. The number of ether oxygens (including phenoxy) is 1. The Morgan fingerprint density at radius 1 is 1.44 bits per heavy atom. The van der Waals surface area contributed by atoms with E-state index < -0.39 is 12.0 Å². The van der Waals surface area contributed by atoms with Crippen molar-refractivity contribution in [1.82, 2.24) is 25.0 Å². The molecule has 3 heterocycles. The van der Waals surface area contributed by atoms with Crippen LogP contribution in [0.5, 0.6) is 5.75 Å². The Morgan fingerprint density at radius 3 is 3.16 bits per heavy atom. The second-order valence-corrected chi connectivity index (χ2v) is 6.09. The van der Waals surface area contributed by atoms with E-state index >= 15 is 0 Å². The van der Waals surface area contributed by atoms with Crippen molar-refractivity contribution < 1.29 is 19.4 Å². The van der Waals surface area contributed by atoms with Crippen LogP contribution in [0.4, 0.5) is 0 Å². The van der Waals surface area contributed by atoms with Gasteiger partial charge in [-0.3, -0.25) is 14.5 Å². The second kappa shape index (κ2) is 6.17. The third-order valence-electron chi connectivity index (χ3n) is 4.46. The molecule has 130 valence electrons. The van der Waals surface area contributed by atoms with Crippen LogP contribution in [0.15, 0.2) is 24.5 Å². The number of aliphatic carboxylic acids is 1. The maximum Gasteiger partial charge on any atom is 0.322 e. The molecule has 9 nitrogen and oxygen atoms in total. The summed E-state index contributed by atoms with van der Waals surface area (Å²) in [5.41, 5.74) is 1.32. The van der Waals surface area contributed by atoms with Gasteiger partial charge in [-0.05, 0) is 17.7 Å². The molecule has 0 radical (unpaired) electrons. The standard InChI is InChI=1S/C16H17N5O4/c22-15-11-5-10(1-2-13(11)25-4-3-17-15)6-20-8-14-19-18-9-21(14)7-12(20)16(23)24/h1-2,5,9,12H,3-4,6-8H2,(H,17,22)(H,23,24). The predicted octanol–water partition coefficient (Wildman–Crippen LogP) is -0.131. The van der Waals surface area contributed by atoms with Gasteiger partial charge in [0.1, 0.15) is 30.5 Å². The van der Waals surface area contributed by atoms with Crippen LogP contribution in [0.3, 0.4) is 0 Å².